The first-order valence-electron chi connectivity index (χ1n) is 7.16. The molecule has 2 aromatic heterocycles. The number of benzene rings is 1. The lowest BCUT2D eigenvalue weighted by atomic mass is 10.1. The van der Waals surface area contributed by atoms with Gasteiger partial charge in [-0.2, -0.15) is 5.10 Å². The Morgan fingerprint density at radius 2 is 1.96 bits per heavy atom. The van der Waals surface area contributed by atoms with Gasteiger partial charge < -0.3 is 0 Å². The zero-order valence-electron chi connectivity index (χ0n) is 12.6. The van der Waals surface area contributed by atoms with Crippen molar-refractivity contribution in [2.75, 3.05) is 0 Å². The molecule has 2 heterocycles. The minimum absolute atomic E-state index is 0.00793. The molecular weight excluding hydrogens is 310 g/mol. The van der Waals surface area contributed by atoms with Crippen molar-refractivity contribution >= 4 is 22.9 Å². The molecule has 0 saturated carbocycles. The van der Waals surface area contributed by atoms with Crippen LogP contribution >= 0.6 is 11.3 Å². The second-order valence-corrected chi connectivity index (χ2v) is 6.34. The van der Waals surface area contributed by atoms with Gasteiger partial charge in [-0.15, -0.1) is 11.3 Å². The number of nitrogens with zero attached hydrogens (tertiary/aromatic N) is 2. The summed E-state index contributed by atoms with van der Waals surface area (Å²) in [5.41, 5.74) is 3.61. The molecule has 1 aromatic carbocycles. The number of H-pyrrole nitrogens is 1. The quantitative estimate of drug-likeness (QED) is 0.558. The van der Waals surface area contributed by atoms with Crippen LogP contribution in [-0.2, 0) is 17.6 Å². The van der Waals surface area contributed by atoms with Crippen LogP contribution in [0.2, 0.25) is 0 Å². The molecule has 0 bridgehead atoms. The van der Waals surface area contributed by atoms with Crippen LogP contribution in [0.1, 0.15) is 32.2 Å². The highest BCUT2D eigenvalue weighted by Crippen LogP contribution is 2.19. The fourth-order valence-corrected chi connectivity index (χ4v) is 3.13. The second-order valence-electron chi connectivity index (χ2n) is 5.35. The second kappa shape index (κ2) is 6.66. The Kier molecular flexibility index (Phi) is 4.43. The van der Waals surface area contributed by atoms with E-state index in [1.165, 1.54) is 28.8 Å². The SMILES string of the molecule is Cc1ccc(Cc2csc(CC(=O)C(=O)c3ncn[nH]3)c2)cc1. The summed E-state index contributed by atoms with van der Waals surface area (Å²) in [6.07, 6.45) is 2.13. The maximum Gasteiger partial charge on any atom is 0.265 e. The molecule has 5 nitrogen and oxygen atoms in total. The van der Waals surface area contributed by atoms with Gasteiger partial charge >= 0.3 is 0 Å². The average Bonchev–Trinajstić information content (AvgIpc) is 3.21. The number of nitrogens with one attached hydrogen (secondary N) is 1. The fourth-order valence-electron chi connectivity index (χ4n) is 2.24. The van der Waals surface area contributed by atoms with E-state index in [4.69, 9.17) is 0 Å². The highest BCUT2D eigenvalue weighted by atomic mass is 32.1. The van der Waals surface area contributed by atoms with Crippen LogP contribution in [0.3, 0.4) is 0 Å². The van der Waals surface area contributed by atoms with Gasteiger partial charge in [0.1, 0.15) is 6.33 Å². The van der Waals surface area contributed by atoms with Crippen LogP contribution in [0.5, 0.6) is 0 Å². The Bertz CT molecular complexity index is 820. The summed E-state index contributed by atoms with van der Waals surface area (Å²) in [5, 5.41) is 8.03. The molecule has 0 aliphatic carbocycles. The minimum atomic E-state index is -0.629. The Balaban J connectivity index is 1.64. The summed E-state index contributed by atoms with van der Waals surface area (Å²) >= 11 is 1.50. The van der Waals surface area contributed by atoms with Gasteiger partial charge in [-0.1, -0.05) is 29.8 Å². The molecule has 0 saturated heterocycles. The molecule has 0 fully saturated rings. The third-order valence-electron chi connectivity index (χ3n) is 3.46. The van der Waals surface area contributed by atoms with Crippen LogP contribution < -0.4 is 0 Å². The molecule has 0 amide bonds. The van der Waals surface area contributed by atoms with Gasteiger partial charge in [0.25, 0.3) is 5.78 Å². The number of rotatable bonds is 6. The lowest BCUT2D eigenvalue weighted by Gasteiger charge is -1.99. The summed E-state index contributed by atoms with van der Waals surface area (Å²) in [4.78, 5) is 28.4. The van der Waals surface area contributed by atoms with Gasteiger partial charge in [0.15, 0.2) is 5.82 Å². The summed E-state index contributed by atoms with van der Waals surface area (Å²) in [5.74, 6) is -1.12. The molecule has 0 aliphatic rings. The molecule has 23 heavy (non-hydrogen) atoms. The molecular formula is C17H15N3O2S. The van der Waals surface area contributed by atoms with E-state index in [0.717, 1.165) is 16.9 Å². The van der Waals surface area contributed by atoms with Crippen LogP contribution in [-0.4, -0.2) is 26.7 Å². The summed E-state index contributed by atoms with van der Waals surface area (Å²) < 4.78 is 0. The van der Waals surface area contributed by atoms with Crippen molar-refractivity contribution in [3.05, 3.63) is 69.4 Å². The van der Waals surface area contributed by atoms with Crippen molar-refractivity contribution in [2.24, 2.45) is 0 Å². The number of carbonyl (C=O) groups excluding carboxylic acids is 2. The monoisotopic (exact) mass is 325 g/mol. The Hall–Kier alpha value is -2.60. The number of thiophene rings is 1. The summed E-state index contributed by atoms with van der Waals surface area (Å²) in [7, 11) is 0. The zero-order valence-corrected chi connectivity index (χ0v) is 13.4. The van der Waals surface area contributed by atoms with E-state index in [0.29, 0.717) is 0 Å². The first-order valence-corrected chi connectivity index (χ1v) is 8.04. The number of aromatic nitrogens is 3. The summed E-state index contributed by atoms with van der Waals surface area (Å²) in [6, 6.07) is 10.4. The third-order valence-corrected chi connectivity index (χ3v) is 4.44. The van der Waals surface area contributed by atoms with Gasteiger partial charge in [0.2, 0.25) is 5.78 Å². The molecule has 3 rings (SSSR count). The molecule has 3 aromatic rings. The number of hydrogen-bond acceptors (Lipinski definition) is 5. The Labute approximate surface area is 137 Å². The minimum Gasteiger partial charge on any atom is -0.290 e. The van der Waals surface area contributed by atoms with Crippen molar-refractivity contribution in [2.45, 2.75) is 19.8 Å². The summed E-state index contributed by atoms with van der Waals surface area (Å²) in [6.45, 7) is 2.06. The van der Waals surface area contributed by atoms with E-state index in [1.807, 2.05) is 11.4 Å². The normalized spacial score (nSPS) is 10.7. The Morgan fingerprint density at radius 3 is 2.65 bits per heavy atom. The fraction of sp³-hybridized carbons (Fsp3) is 0.176. The van der Waals surface area contributed by atoms with E-state index in [-0.39, 0.29) is 12.2 Å². The van der Waals surface area contributed by atoms with Crippen molar-refractivity contribution in [3.8, 4) is 0 Å². The number of Topliss-reactive ketones (excluding diaryl/α,β-unsaturated/α-hetero) is 2. The number of carbonyl (C=O) groups is 2. The lowest BCUT2D eigenvalue weighted by Crippen LogP contribution is -2.17. The number of aryl methyl sites for hydroxylation is 1. The molecule has 0 aliphatic heterocycles. The molecule has 1 N–H and O–H groups in total. The topological polar surface area (TPSA) is 75.7 Å². The van der Waals surface area contributed by atoms with Gasteiger partial charge in [0.05, 0.1) is 0 Å². The van der Waals surface area contributed by atoms with Crippen LogP contribution in [0.4, 0.5) is 0 Å². The number of aromatic amines is 1. The number of ketones is 2. The lowest BCUT2D eigenvalue weighted by molar-refractivity contribution is -0.114. The van der Waals surface area contributed by atoms with Crippen LogP contribution in [0, 0.1) is 6.92 Å². The molecule has 116 valence electrons. The van der Waals surface area contributed by atoms with Crippen LogP contribution in [0.15, 0.2) is 42.0 Å². The van der Waals surface area contributed by atoms with E-state index < -0.39 is 11.6 Å². The van der Waals surface area contributed by atoms with Crippen molar-refractivity contribution < 1.29 is 9.59 Å². The highest BCUT2D eigenvalue weighted by Gasteiger charge is 2.19. The maximum atomic E-state index is 12.0. The first-order chi connectivity index (χ1) is 11.1. The first kappa shape index (κ1) is 15.3. The maximum absolute atomic E-state index is 12.0. The van der Waals surface area contributed by atoms with E-state index in [2.05, 4.69) is 46.4 Å². The molecule has 0 radical (unpaired) electrons. The van der Waals surface area contributed by atoms with E-state index in [1.54, 1.807) is 0 Å². The van der Waals surface area contributed by atoms with Gasteiger partial charge in [0, 0.05) is 11.3 Å². The Morgan fingerprint density at radius 1 is 1.17 bits per heavy atom. The van der Waals surface area contributed by atoms with Crippen molar-refractivity contribution in [3.63, 3.8) is 0 Å². The van der Waals surface area contributed by atoms with Crippen molar-refractivity contribution in [1.29, 1.82) is 0 Å². The highest BCUT2D eigenvalue weighted by molar-refractivity contribution is 7.10. The molecule has 0 atom stereocenters. The third kappa shape index (κ3) is 3.78. The standard InChI is InChI=1S/C17H15N3O2S/c1-11-2-4-12(5-3-11)6-13-7-14(23-9-13)8-15(21)16(22)17-18-10-19-20-17/h2-5,7,9-10H,6,8H2,1H3,(H,18,19,20). The zero-order chi connectivity index (χ0) is 16.2. The predicted molar refractivity (Wildman–Crippen MR) is 87.7 cm³/mol. The molecule has 0 unspecified atom stereocenters. The van der Waals surface area contributed by atoms with Gasteiger partial charge in [-0.25, -0.2) is 4.98 Å². The van der Waals surface area contributed by atoms with Gasteiger partial charge in [-0.3, -0.25) is 14.7 Å². The van der Waals surface area contributed by atoms with Crippen molar-refractivity contribution in [1.82, 2.24) is 15.2 Å². The average molecular weight is 325 g/mol. The largest absolute Gasteiger partial charge is 0.290 e. The van der Waals surface area contributed by atoms with Gasteiger partial charge in [-0.05, 0) is 35.9 Å². The van der Waals surface area contributed by atoms with E-state index in [9.17, 15) is 9.59 Å². The predicted octanol–water partition coefficient (Wildman–Crippen LogP) is 2.76. The smallest absolute Gasteiger partial charge is 0.265 e. The van der Waals surface area contributed by atoms with Crippen LogP contribution in [0.25, 0.3) is 0 Å². The molecule has 6 heteroatoms. The number of hydrogen-bond donors (Lipinski definition) is 1. The molecule has 0 spiro atoms. The van der Waals surface area contributed by atoms with E-state index >= 15 is 0 Å².